The predicted octanol–water partition coefficient (Wildman–Crippen LogP) is 3.56. The fourth-order valence-electron chi connectivity index (χ4n) is 2.13. The Labute approximate surface area is 150 Å². The molecule has 1 atom stereocenters. The molecule has 3 rings (SSSR count). The van der Waals surface area contributed by atoms with E-state index in [1.165, 1.54) is 6.92 Å². The molecule has 10 heteroatoms. The maximum absolute atomic E-state index is 12.5. The summed E-state index contributed by atoms with van der Waals surface area (Å²) in [5.74, 6) is -0.560. The van der Waals surface area contributed by atoms with Crippen molar-refractivity contribution < 1.29 is 22.8 Å². The molecule has 1 heterocycles. The molecule has 0 saturated carbocycles. The Balaban J connectivity index is 1.68. The highest BCUT2D eigenvalue weighted by atomic mass is 35.5. The summed E-state index contributed by atoms with van der Waals surface area (Å²) < 4.78 is 37.6. The van der Waals surface area contributed by atoms with Gasteiger partial charge in [0.2, 0.25) is 6.10 Å². The fourth-order valence-corrected chi connectivity index (χ4v) is 2.30. The van der Waals surface area contributed by atoms with Crippen LogP contribution < -0.4 is 10.2 Å². The molecule has 0 aliphatic rings. The van der Waals surface area contributed by atoms with Crippen LogP contribution in [0.3, 0.4) is 0 Å². The summed E-state index contributed by atoms with van der Waals surface area (Å²) >= 11 is 5.91. The molecule has 136 valence electrons. The number of aromatic nitrogens is 3. The highest BCUT2D eigenvalue weighted by Gasteiger charge is 2.30. The first-order chi connectivity index (χ1) is 12.2. The van der Waals surface area contributed by atoms with E-state index in [-0.39, 0.29) is 5.69 Å². The maximum Gasteiger partial charge on any atom is 0.416 e. The Hall–Kier alpha value is -2.81. The van der Waals surface area contributed by atoms with Crippen LogP contribution in [0.2, 0.25) is 5.02 Å². The number of benzene rings is 2. The van der Waals surface area contributed by atoms with E-state index in [0.29, 0.717) is 16.1 Å². The average molecular weight is 385 g/mol. The molecule has 0 unspecified atom stereocenters. The molecule has 6 nitrogen and oxygen atoms in total. The number of anilines is 1. The molecule has 26 heavy (non-hydrogen) atoms. The second-order valence-electron chi connectivity index (χ2n) is 5.41. The van der Waals surface area contributed by atoms with Gasteiger partial charge in [-0.2, -0.15) is 13.2 Å². The van der Waals surface area contributed by atoms with Crippen LogP contribution in [0, 0.1) is 0 Å². The fraction of sp³-hybridized carbons (Fsp3) is 0.188. The molecule has 1 amide bonds. The van der Waals surface area contributed by atoms with E-state index in [1.54, 1.807) is 18.2 Å². The van der Waals surface area contributed by atoms with Crippen LogP contribution in [-0.2, 0) is 11.0 Å². The molecule has 0 aliphatic carbocycles. The van der Waals surface area contributed by atoms with Crippen molar-refractivity contribution in [1.82, 2.24) is 15.2 Å². The molecule has 2 aromatic carbocycles. The zero-order valence-corrected chi connectivity index (χ0v) is 14.0. The Kier molecular flexibility index (Phi) is 4.73. The van der Waals surface area contributed by atoms with Crippen molar-refractivity contribution in [3.63, 3.8) is 0 Å². The Morgan fingerprint density at radius 3 is 2.58 bits per heavy atom. The normalized spacial score (nSPS) is 12.8. The first-order valence-corrected chi connectivity index (χ1v) is 7.78. The minimum absolute atomic E-state index is 0.213. The van der Waals surface area contributed by atoms with Crippen molar-refractivity contribution in [1.29, 1.82) is 0 Å². The summed E-state index contributed by atoms with van der Waals surface area (Å²) in [5.41, 5.74) is 0.423. The monoisotopic (exact) mass is 384 g/mol. The number of rotatable bonds is 4. The van der Waals surface area contributed by atoms with Gasteiger partial charge in [0.15, 0.2) is 0 Å². The zero-order chi connectivity index (χ0) is 18.9. The van der Waals surface area contributed by atoms with Crippen LogP contribution in [-0.4, -0.2) is 27.2 Å². The minimum Gasteiger partial charge on any atom is -0.382 e. The predicted molar refractivity (Wildman–Crippen MR) is 88.7 cm³/mol. The quantitative estimate of drug-likeness (QED) is 0.746. The first kappa shape index (κ1) is 18.0. The third-order valence-corrected chi connectivity index (χ3v) is 3.72. The molecule has 3 aromatic rings. The van der Waals surface area contributed by atoms with Gasteiger partial charge >= 0.3 is 6.18 Å². The summed E-state index contributed by atoms with van der Waals surface area (Å²) in [6.45, 7) is 1.47. The van der Waals surface area contributed by atoms with Gasteiger partial charge in [-0.3, -0.25) is 4.79 Å². The van der Waals surface area contributed by atoms with E-state index >= 15 is 0 Å². The second-order valence-corrected chi connectivity index (χ2v) is 5.84. The number of hydrogen-bond donors (Lipinski definition) is 1. The molecule has 0 bridgehead atoms. The standard InChI is InChI=1S/C16H12ClF3N4O2/c1-9(26-24-14-8-11(17)4-7-13(14)22-23-24)15(25)21-12-5-2-10(3-6-12)16(18,19)20/h2-9H,1H3,(H,21,25)/t9-/m1/s1. The van der Waals surface area contributed by atoms with Gasteiger partial charge in [0, 0.05) is 10.7 Å². The van der Waals surface area contributed by atoms with Crippen LogP contribution in [0.25, 0.3) is 11.0 Å². The van der Waals surface area contributed by atoms with Crippen molar-refractivity contribution in [3.05, 3.63) is 53.1 Å². The van der Waals surface area contributed by atoms with Crippen molar-refractivity contribution >= 4 is 34.2 Å². The topological polar surface area (TPSA) is 69.0 Å². The largest absolute Gasteiger partial charge is 0.416 e. The van der Waals surface area contributed by atoms with Gasteiger partial charge < -0.3 is 10.2 Å². The lowest BCUT2D eigenvalue weighted by molar-refractivity contribution is -0.137. The highest BCUT2D eigenvalue weighted by molar-refractivity contribution is 6.31. The number of hydrogen-bond acceptors (Lipinski definition) is 4. The molecular formula is C16H12ClF3N4O2. The first-order valence-electron chi connectivity index (χ1n) is 7.40. The number of halogens is 4. The van der Waals surface area contributed by atoms with E-state index < -0.39 is 23.8 Å². The summed E-state index contributed by atoms with van der Waals surface area (Å²) in [4.78, 5) is 18.7. The SMILES string of the molecule is C[C@@H](On1nnc2ccc(Cl)cc21)C(=O)Nc1ccc(C(F)(F)F)cc1. The number of nitrogens with one attached hydrogen (secondary N) is 1. The smallest absolute Gasteiger partial charge is 0.382 e. The second kappa shape index (κ2) is 6.83. The maximum atomic E-state index is 12.5. The van der Waals surface area contributed by atoms with Crippen LogP contribution in [0.5, 0.6) is 0 Å². The van der Waals surface area contributed by atoms with Crippen molar-refractivity contribution in [2.24, 2.45) is 0 Å². The van der Waals surface area contributed by atoms with Gasteiger partial charge in [-0.15, -0.1) is 5.10 Å². The number of amides is 1. The number of nitrogens with zero attached hydrogens (tertiary/aromatic N) is 3. The van der Waals surface area contributed by atoms with Crippen LogP contribution in [0.1, 0.15) is 12.5 Å². The number of fused-ring (bicyclic) bond motifs is 1. The Morgan fingerprint density at radius 2 is 1.92 bits per heavy atom. The summed E-state index contributed by atoms with van der Waals surface area (Å²) in [6, 6.07) is 8.97. The van der Waals surface area contributed by atoms with E-state index in [2.05, 4.69) is 15.6 Å². The van der Waals surface area contributed by atoms with Crippen LogP contribution >= 0.6 is 11.6 Å². The highest BCUT2D eigenvalue weighted by Crippen LogP contribution is 2.29. The summed E-state index contributed by atoms with van der Waals surface area (Å²) in [7, 11) is 0. The third kappa shape index (κ3) is 3.88. The average Bonchev–Trinajstić information content (AvgIpc) is 2.96. The molecule has 0 radical (unpaired) electrons. The molecule has 1 aromatic heterocycles. The van der Waals surface area contributed by atoms with E-state index in [4.69, 9.17) is 16.4 Å². The number of carbonyl (C=O) groups excluding carboxylic acids is 1. The minimum atomic E-state index is -4.44. The summed E-state index contributed by atoms with van der Waals surface area (Å²) in [6.07, 6.45) is -5.42. The lowest BCUT2D eigenvalue weighted by atomic mass is 10.2. The van der Waals surface area contributed by atoms with Crippen molar-refractivity contribution in [3.8, 4) is 0 Å². The zero-order valence-electron chi connectivity index (χ0n) is 13.3. The molecule has 0 aliphatic heterocycles. The van der Waals surface area contributed by atoms with Crippen molar-refractivity contribution in [2.75, 3.05) is 5.32 Å². The molecular weight excluding hydrogens is 373 g/mol. The number of alkyl halides is 3. The van der Waals surface area contributed by atoms with E-state index in [1.807, 2.05) is 0 Å². The van der Waals surface area contributed by atoms with Gasteiger partial charge in [0.05, 0.1) is 5.56 Å². The molecule has 0 saturated heterocycles. The lowest BCUT2D eigenvalue weighted by Gasteiger charge is -2.14. The summed E-state index contributed by atoms with van der Waals surface area (Å²) in [5, 5.41) is 10.6. The third-order valence-electron chi connectivity index (χ3n) is 3.48. The van der Waals surface area contributed by atoms with E-state index in [0.717, 1.165) is 29.1 Å². The molecule has 0 fully saturated rings. The van der Waals surface area contributed by atoms with Gasteiger partial charge in [0.1, 0.15) is 11.0 Å². The Morgan fingerprint density at radius 1 is 1.23 bits per heavy atom. The van der Waals surface area contributed by atoms with Gasteiger partial charge in [-0.25, -0.2) is 0 Å². The van der Waals surface area contributed by atoms with E-state index in [9.17, 15) is 18.0 Å². The van der Waals surface area contributed by atoms with Crippen molar-refractivity contribution in [2.45, 2.75) is 19.2 Å². The van der Waals surface area contributed by atoms with Gasteiger partial charge in [-0.1, -0.05) is 16.4 Å². The van der Waals surface area contributed by atoms with Gasteiger partial charge in [-0.05, 0) is 54.6 Å². The van der Waals surface area contributed by atoms with Gasteiger partial charge in [0.25, 0.3) is 5.91 Å². The molecule has 0 spiro atoms. The number of carbonyl (C=O) groups is 1. The van der Waals surface area contributed by atoms with Crippen LogP contribution in [0.15, 0.2) is 42.5 Å². The Bertz CT molecular complexity index is 941. The lowest BCUT2D eigenvalue weighted by Crippen LogP contribution is -2.35. The molecule has 1 N–H and O–H groups in total. The van der Waals surface area contributed by atoms with Crippen LogP contribution in [0.4, 0.5) is 18.9 Å².